The maximum absolute atomic E-state index is 13.7. The largest absolute Gasteiger partial charge is 0.490 e. The van der Waals surface area contributed by atoms with Crippen LogP contribution in [0.15, 0.2) is 48.6 Å². The second-order valence-electron chi connectivity index (χ2n) is 16.7. The van der Waals surface area contributed by atoms with Crippen LogP contribution >= 0.6 is 11.6 Å². The van der Waals surface area contributed by atoms with Crippen LogP contribution in [0.5, 0.6) is 5.75 Å². The van der Waals surface area contributed by atoms with Gasteiger partial charge in [-0.2, -0.15) is 0 Å². The quantitative estimate of drug-likeness (QED) is 0.417. The first-order valence-electron chi connectivity index (χ1n) is 19.6. The monoisotopic (exact) mass is 766 g/mol. The Hall–Kier alpha value is -2.67. The summed E-state index contributed by atoms with van der Waals surface area (Å²) in [6.07, 6.45) is 10.1. The molecule has 8 rings (SSSR count). The number of ether oxygens (including phenoxy) is 3. The number of hydrogen-bond acceptors (Lipinski definition) is 9. The van der Waals surface area contributed by atoms with Gasteiger partial charge in [-0.1, -0.05) is 36.7 Å². The average Bonchev–Trinajstić information content (AvgIpc) is 3.25. The molecule has 53 heavy (non-hydrogen) atoms. The number of allylic oxidation sites excluding steroid dienone is 1. The van der Waals surface area contributed by atoms with E-state index in [9.17, 15) is 13.2 Å². The molecule has 6 atom stereocenters. The van der Waals surface area contributed by atoms with Gasteiger partial charge in [0.15, 0.2) is 0 Å². The van der Waals surface area contributed by atoms with E-state index in [2.05, 4.69) is 43.7 Å². The molecular weight excluding hydrogens is 712 g/mol. The molecular formula is C41H55ClN4O6S. The molecule has 0 aromatic heterocycles. The number of hydrogen-bond donors (Lipinski definition) is 1. The van der Waals surface area contributed by atoms with E-state index in [0.29, 0.717) is 36.3 Å². The van der Waals surface area contributed by atoms with E-state index in [0.717, 1.165) is 102 Å². The fourth-order valence-electron chi connectivity index (χ4n) is 9.88. The second kappa shape index (κ2) is 14.8. The molecule has 0 radical (unpaired) electrons. The van der Waals surface area contributed by atoms with Crippen LogP contribution in [-0.4, -0.2) is 114 Å². The van der Waals surface area contributed by atoms with E-state index in [4.69, 9.17) is 25.8 Å². The van der Waals surface area contributed by atoms with Crippen molar-refractivity contribution in [3.63, 3.8) is 0 Å². The number of carbonyl (C=O) groups is 1. The summed E-state index contributed by atoms with van der Waals surface area (Å²) >= 11 is 6.51. The van der Waals surface area contributed by atoms with Gasteiger partial charge in [0, 0.05) is 68.9 Å². The number of anilines is 1. The fraction of sp³-hybridized carbons (Fsp3) is 0.634. The summed E-state index contributed by atoms with van der Waals surface area (Å²) in [6, 6.07) is 12.2. The Balaban J connectivity index is 1.17. The van der Waals surface area contributed by atoms with Gasteiger partial charge in [0.25, 0.3) is 5.91 Å². The number of halogens is 1. The zero-order valence-electron chi connectivity index (χ0n) is 31.4. The third-order valence-corrected chi connectivity index (χ3v) is 15.8. The molecule has 2 bridgehead atoms. The van der Waals surface area contributed by atoms with Crippen LogP contribution in [0, 0.1) is 17.8 Å². The molecule has 10 nitrogen and oxygen atoms in total. The van der Waals surface area contributed by atoms with E-state index >= 15 is 0 Å². The van der Waals surface area contributed by atoms with Crippen molar-refractivity contribution in [3.8, 4) is 5.75 Å². The molecule has 12 heteroatoms. The predicted molar refractivity (Wildman–Crippen MR) is 208 cm³/mol. The van der Waals surface area contributed by atoms with Crippen LogP contribution in [0.25, 0.3) is 0 Å². The smallest absolute Gasteiger partial charge is 0.264 e. The maximum Gasteiger partial charge on any atom is 0.264 e. The van der Waals surface area contributed by atoms with Crippen molar-refractivity contribution in [3.05, 3.63) is 70.3 Å². The molecule has 2 saturated heterocycles. The average molecular weight is 767 g/mol. The second-order valence-corrected chi connectivity index (χ2v) is 19.2. The van der Waals surface area contributed by atoms with Gasteiger partial charge in [-0.05, 0) is 105 Å². The van der Waals surface area contributed by atoms with Crippen LogP contribution in [0.1, 0.15) is 67.4 Å². The van der Waals surface area contributed by atoms with Gasteiger partial charge < -0.3 is 19.1 Å². The summed E-state index contributed by atoms with van der Waals surface area (Å²) in [6.45, 7) is 12.1. The van der Waals surface area contributed by atoms with Crippen LogP contribution in [0.2, 0.25) is 5.02 Å². The molecule has 4 heterocycles. The fourth-order valence-corrected chi connectivity index (χ4v) is 11.4. The third kappa shape index (κ3) is 7.15. The maximum atomic E-state index is 13.7. The van der Waals surface area contributed by atoms with Gasteiger partial charge in [0.05, 0.1) is 36.8 Å². The summed E-state index contributed by atoms with van der Waals surface area (Å²) in [4.78, 5) is 21.2. The first-order valence-corrected chi connectivity index (χ1v) is 21.6. The van der Waals surface area contributed by atoms with Crippen LogP contribution in [0.3, 0.4) is 0 Å². The highest BCUT2D eigenvalue weighted by Gasteiger charge is 2.50. The number of carbonyl (C=O) groups excluding carboxylic acids is 1. The normalized spacial score (nSPS) is 34.4. The Bertz CT molecular complexity index is 1830. The van der Waals surface area contributed by atoms with Gasteiger partial charge in [-0.15, -0.1) is 0 Å². The molecule has 2 aliphatic carbocycles. The van der Waals surface area contributed by atoms with Crippen LogP contribution in [0.4, 0.5) is 5.69 Å². The molecule has 3 fully saturated rings. The first-order chi connectivity index (χ1) is 25.5. The van der Waals surface area contributed by atoms with Crippen molar-refractivity contribution in [1.82, 2.24) is 14.5 Å². The summed E-state index contributed by atoms with van der Waals surface area (Å²) in [5, 5.41) is -0.0287. The van der Waals surface area contributed by atoms with E-state index in [1.165, 1.54) is 11.1 Å². The Morgan fingerprint density at radius 2 is 1.87 bits per heavy atom. The molecule has 4 aliphatic heterocycles. The van der Waals surface area contributed by atoms with Crippen molar-refractivity contribution in [2.24, 2.45) is 17.8 Å². The van der Waals surface area contributed by atoms with Gasteiger partial charge in [0.2, 0.25) is 10.0 Å². The number of rotatable bonds is 4. The topological polar surface area (TPSA) is 101 Å². The van der Waals surface area contributed by atoms with Crippen molar-refractivity contribution in [1.29, 1.82) is 0 Å². The van der Waals surface area contributed by atoms with Gasteiger partial charge in [0.1, 0.15) is 11.4 Å². The van der Waals surface area contributed by atoms with Crippen LogP contribution in [-0.2, 0) is 31.3 Å². The number of nitrogens with one attached hydrogen (secondary N) is 1. The Morgan fingerprint density at radius 1 is 1.06 bits per heavy atom. The summed E-state index contributed by atoms with van der Waals surface area (Å²) in [7, 11) is -2.10. The van der Waals surface area contributed by atoms with Gasteiger partial charge in [-0.3, -0.25) is 14.6 Å². The number of nitrogens with zero attached hydrogens (tertiary/aromatic N) is 3. The van der Waals surface area contributed by atoms with Crippen molar-refractivity contribution in [2.75, 3.05) is 77.6 Å². The Labute approximate surface area is 320 Å². The lowest BCUT2D eigenvalue weighted by molar-refractivity contribution is -0.107. The molecule has 0 unspecified atom stereocenters. The SMILES string of the molecule is CO[C@]1(CN2CCN(C3COC3)CC2)/C=C\C[C@H](C)[C@@H](C)S(=O)(=O)NC(=O)c2ccc3c(c2)N(C[C@@H]2CC[C@H]21)C[C@@]1(CCCc2cc(Cl)ccc21)CO3. The zero-order valence-corrected chi connectivity index (χ0v) is 33.0. The van der Waals surface area contributed by atoms with E-state index in [1.54, 1.807) is 13.0 Å². The number of sulfonamides is 1. The molecule has 2 aromatic rings. The molecule has 1 spiro atoms. The minimum atomic E-state index is -3.95. The first kappa shape index (κ1) is 37.3. The van der Waals surface area contributed by atoms with E-state index in [1.807, 2.05) is 32.2 Å². The van der Waals surface area contributed by atoms with E-state index in [-0.39, 0.29) is 17.3 Å². The highest BCUT2D eigenvalue weighted by Crippen LogP contribution is 2.49. The Morgan fingerprint density at radius 3 is 2.58 bits per heavy atom. The lowest BCUT2D eigenvalue weighted by Gasteiger charge is -2.52. The highest BCUT2D eigenvalue weighted by atomic mass is 35.5. The number of amides is 1. The van der Waals surface area contributed by atoms with E-state index < -0.39 is 26.8 Å². The summed E-state index contributed by atoms with van der Waals surface area (Å²) in [5.74, 6) is 0.486. The predicted octanol–water partition coefficient (Wildman–Crippen LogP) is 5.29. The number of piperazine rings is 1. The molecule has 288 valence electrons. The lowest BCUT2D eigenvalue weighted by atomic mass is 9.63. The Kier molecular flexibility index (Phi) is 10.4. The van der Waals surface area contributed by atoms with Crippen LogP contribution < -0.4 is 14.4 Å². The van der Waals surface area contributed by atoms with Gasteiger partial charge >= 0.3 is 0 Å². The molecule has 1 saturated carbocycles. The summed E-state index contributed by atoms with van der Waals surface area (Å²) in [5.41, 5.74) is 2.91. The molecule has 1 N–H and O–H groups in total. The molecule has 6 aliphatic rings. The van der Waals surface area contributed by atoms with Crippen molar-refractivity contribution < 1.29 is 27.4 Å². The van der Waals surface area contributed by atoms with Gasteiger partial charge in [-0.25, -0.2) is 13.1 Å². The minimum Gasteiger partial charge on any atom is -0.490 e. The lowest BCUT2D eigenvalue weighted by Crippen LogP contribution is -2.61. The third-order valence-electron chi connectivity index (χ3n) is 13.6. The van der Waals surface area contributed by atoms with Crippen molar-refractivity contribution >= 4 is 33.2 Å². The number of fused-ring (bicyclic) bond motifs is 4. The molecule has 2 aromatic carbocycles. The standard InChI is InChI=1S/C41H55ClN4O6S/c1-28-6-4-15-41(50-3,26-44-16-18-45(19-17-44)34-23-51-24-34)36-11-8-32(36)22-46-25-40(14-5-7-30-20-33(42)10-12-35(30)40)27-52-38-13-9-31(21-37(38)46)39(47)43-53(48,49)29(28)2/h4,9-10,12-13,15,20-21,28-29,32,34,36H,5-8,11,14,16-19,22-27H2,1-3H3,(H,43,47)/b15-4-/t28-,29+,32-,36+,40-,41-/m0/s1. The number of benzene rings is 2. The minimum absolute atomic E-state index is 0.218. The number of aryl methyl sites for hydroxylation is 1. The molecule has 1 amide bonds. The highest BCUT2D eigenvalue weighted by molar-refractivity contribution is 7.90. The zero-order chi connectivity index (χ0) is 37.0. The van der Waals surface area contributed by atoms with Crippen molar-refractivity contribution in [2.45, 2.75) is 74.7 Å². The summed E-state index contributed by atoms with van der Waals surface area (Å²) < 4.78 is 48.5. The number of methoxy groups -OCH3 is 1.